The molecule has 0 unspecified atom stereocenters. The zero-order valence-electron chi connectivity index (χ0n) is 14.5. The van der Waals surface area contributed by atoms with Crippen LogP contribution in [0.1, 0.15) is 15.9 Å². The maximum absolute atomic E-state index is 14.1. The van der Waals surface area contributed by atoms with Gasteiger partial charge in [-0.05, 0) is 36.8 Å². The molecule has 0 aromatic heterocycles. The monoisotopic (exact) mass is 404 g/mol. The first kappa shape index (κ1) is 18.2. The molecular formula is C19H17FN2O3S2. The maximum atomic E-state index is 14.1. The Morgan fingerprint density at radius 3 is 2.63 bits per heavy atom. The average Bonchev–Trinajstić information content (AvgIpc) is 3.09. The Morgan fingerprint density at radius 2 is 1.93 bits per heavy atom. The predicted octanol–water partition coefficient (Wildman–Crippen LogP) is 3.05. The largest absolute Gasteiger partial charge is 0.315 e. The lowest BCUT2D eigenvalue weighted by molar-refractivity contribution is 0.100. The van der Waals surface area contributed by atoms with E-state index in [0.29, 0.717) is 22.0 Å². The number of aryl methyl sites for hydroxylation is 1. The zero-order chi connectivity index (χ0) is 19.2. The molecular weight excluding hydrogens is 387 g/mol. The number of thioether (sulfide) groups is 1. The molecule has 27 heavy (non-hydrogen) atoms. The van der Waals surface area contributed by atoms with E-state index in [1.54, 1.807) is 48.2 Å². The van der Waals surface area contributed by atoms with Gasteiger partial charge in [-0.25, -0.2) is 12.8 Å². The third kappa shape index (κ3) is 3.51. The molecule has 0 bridgehead atoms. The SMILES string of the molecule is Cc1ccc(N2C(=NC(=O)c3ccccc3)S[C@@H]3CS(=O)(=O)C[C@H]32)cc1F. The van der Waals surface area contributed by atoms with Gasteiger partial charge in [0, 0.05) is 16.5 Å². The van der Waals surface area contributed by atoms with Crippen LogP contribution in [-0.2, 0) is 9.84 Å². The summed E-state index contributed by atoms with van der Waals surface area (Å²) in [6, 6.07) is 13.0. The molecule has 2 heterocycles. The van der Waals surface area contributed by atoms with Crippen molar-refractivity contribution >= 4 is 38.4 Å². The van der Waals surface area contributed by atoms with Gasteiger partial charge < -0.3 is 4.90 Å². The molecule has 0 N–H and O–H groups in total. The quantitative estimate of drug-likeness (QED) is 0.770. The van der Waals surface area contributed by atoms with Crippen molar-refractivity contribution in [2.75, 3.05) is 16.4 Å². The third-order valence-corrected chi connectivity index (χ3v) is 7.93. The van der Waals surface area contributed by atoms with Gasteiger partial charge in [0.15, 0.2) is 15.0 Å². The lowest BCUT2D eigenvalue weighted by Crippen LogP contribution is -2.37. The van der Waals surface area contributed by atoms with Crippen LogP contribution in [-0.4, -0.2) is 42.3 Å². The van der Waals surface area contributed by atoms with E-state index in [2.05, 4.69) is 4.99 Å². The van der Waals surface area contributed by atoms with E-state index in [0.717, 1.165) is 0 Å². The first-order valence-electron chi connectivity index (χ1n) is 8.44. The summed E-state index contributed by atoms with van der Waals surface area (Å²) in [6.45, 7) is 1.66. The number of halogens is 1. The summed E-state index contributed by atoms with van der Waals surface area (Å²) in [5, 5.41) is 0.193. The topological polar surface area (TPSA) is 66.8 Å². The summed E-state index contributed by atoms with van der Waals surface area (Å²) >= 11 is 1.27. The summed E-state index contributed by atoms with van der Waals surface area (Å²) in [5.41, 5.74) is 1.46. The van der Waals surface area contributed by atoms with E-state index in [-0.39, 0.29) is 28.6 Å². The number of carbonyl (C=O) groups is 1. The van der Waals surface area contributed by atoms with Crippen LogP contribution in [0.3, 0.4) is 0 Å². The fourth-order valence-electron chi connectivity index (χ4n) is 3.33. The summed E-state index contributed by atoms with van der Waals surface area (Å²) < 4.78 is 38.3. The molecule has 140 valence electrons. The molecule has 2 aromatic carbocycles. The second kappa shape index (κ2) is 6.76. The highest BCUT2D eigenvalue weighted by molar-refractivity contribution is 8.16. The Labute approximate surface area is 161 Å². The molecule has 0 radical (unpaired) electrons. The van der Waals surface area contributed by atoms with Gasteiger partial charge in [0.1, 0.15) is 5.82 Å². The van der Waals surface area contributed by atoms with E-state index >= 15 is 0 Å². The van der Waals surface area contributed by atoms with Crippen molar-refractivity contribution in [1.82, 2.24) is 0 Å². The van der Waals surface area contributed by atoms with Crippen molar-refractivity contribution in [2.45, 2.75) is 18.2 Å². The molecule has 2 saturated heterocycles. The molecule has 2 aromatic rings. The fraction of sp³-hybridized carbons (Fsp3) is 0.263. The van der Waals surface area contributed by atoms with E-state index in [1.807, 2.05) is 6.07 Å². The molecule has 2 atom stereocenters. The van der Waals surface area contributed by atoms with Crippen LogP contribution in [0.4, 0.5) is 10.1 Å². The number of hydrogen-bond acceptors (Lipinski definition) is 4. The third-order valence-electron chi connectivity index (χ3n) is 4.72. The van der Waals surface area contributed by atoms with Gasteiger partial charge in [-0.1, -0.05) is 36.0 Å². The lowest BCUT2D eigenvalue weighted by atomic mass is 10.1. The standard InChI is InChI=1S/C19H17FN2O3S2/c1-12-7-8-14(9-15(12)20)22-16-10-27(24,25)11-17(16)26-19(22)21-18(23)13-5-3-2-4-6-13/h2-9,16-17H,10-11H2,1H3/t16-,17-/m1/s1. The maximum Gasteiger partial charge on any atom is 0.279 e. The van der Waals surface area contributed by atoms with Crippen molar-refractivity contribution in [1.29, 1.82) is 0 Å². The van der Waals surface area contributed by atoms with E-state index in [1.165, 1.54) is 17.8 Å². The Bertz CT molecular complexity index is 1040. The minimum Gasteiger partial charge on any atom is -0.315 e. The summed E-state index contributed by atoms with van der Waals surface area (Å²) in [7, 11) is -3.16. The summed E-state index contributed by atoms with van der Waals surface area (Å²) in [6.07, 6.45) is 0. The molecule has 2 fully saturated rings. The first-order chi connectivity index (χ1) is 12.8. The predicted molar refractivity (Wildman–Crippen MR) is 106 cm³/mol. The number of anilines is 1. The average molecular weight is 404 g/mol. The number of sulfone groups is 1. The molecule has 8 heteroatoms. The molecule has 1 amide bonds. The number of carbonyl (C=O) groups excluding carboxylic acids is 1. The molecule has 0 aliphatic carbocycles. The molecule has 2 aliphatic heterocycles. The van der Waals surface area contributed by atoms with Gasteiger partial charge >= 0.3 is 0 Å². The zero-order valence-corrected chi connectivity index (χ0v) is 16.1. The molecule has 4 rings (SSSR count). The second-order valence-electron chi connectivity index (χ2n) is 6.67. The highest BCUT2D eigenvalue weighted by Gasteiger charge is 2.49. The van der Waals surface area contributed by atoms with Gasteiger partial charge in [-0.15, -0.1) is 0 Å². The van der Waals surface area contributed by atoms with Crippen LogP contribution in [0, 0.1) is 12.7 Å². The van der Waals surface area contributed by atoms with E-state index < -0.39 is 15.7 Å². The normalized spacial score (nSPS) is 25.0. The molecule has 2 aliphatic rings. The summed E-state index contributed by atoms with van der Waals surface area (Å²) in [4.78, 5) is 18.5. The van der Waals surface area contributed by atoms with Gasteiger partial charge in [0.25, 0.3) is 5.91 Å². The Morgan fingerprint density at radius 1 is 1.19 bits per heavy atom. The highest BCUT2D eigenvalue weighted by atomic mass is 32.2. The van der Waals surface area contributed by atoms with Crippen LogP contribution >= 0.6 is 11.8 Å². The number of rotatable bonds is 2. The second-order valence-corrected chi connectivity index (χ2v) is 10.0. The number of benzene rings is 2. The first-order valence-corrected chi connectivity index (χ1v) is 11.1. The Kier molecular flexibility index (Phi) is 4.55. The number of aliphatic imine (C=N–C) groups is 1. The van der Waals surface area contributed by atoms with Crippen LogP contribution in [0.15, 0.2) is 53.5 Å². The fourth-order valence-corrected chi connectivity index (χ4v) is 7.24. The highest BCUT2D eigenvalue weighted by Crippen LogP contribution is 2.41. The smallest absolute Gasteiger partial charge is 0.279 e. The van der Waals surface area contributed by atoms with Crippen LogP contribution < -0.4 is 4.90 Å². The molecule has 0 spiro atoms. The lowest BCUT2D eigenvalue weighted by Gasteiger charge is -2.24. The molecule has 5 nitrogen and oxygen atoms in total. The van der Waals surface area contributed by atoms with Crippen LogP contribution in [0.2, 0.25) is 0 Å². The van der Waals surface area contributed by atoms with Gasteiger partial charge in [0.05, 0.1) is 17.5 Å². The van der Waals surface area contributed by atoms with E-state index in [4.69, 9.17) is 0 Å². The van der Waals surface area contributed by atoms with Gasteiger partial charge in [-0.3, -0.25) is 4.79 Å². The van der Waals surface area contributed by atoms with Crippen molar-refractivity contribution in [3.63, 3.8) is 0 Å². The van der Waals surface area contributed by atoms with Crippen molar-refractivity contribution in [3.05, 3.63) is 65.5 Å². The number of amidine groups is 1. The number of hydrogen-bond donors (Lipinski definition) is 0. The van der Waals surface area contributed by atoms with Crippen LogP contribution in [0.5, 0.6) is 0 Å². The Balaban J connectivity index is 1.75. The van der Waals surface area contributed by atoms with Gasteiger partial charge in [0.2, 0.25) is 0 Å². The Hall–Kier alpha value is -2.19. The number of nitrogens with zero attached hydrogens (tertiary/aromatic N) is 2. The molecule has 0 saturated carbocycles. The number of fused-ring (bicyclic) bond motifs is 1. The van der Waals surface area contributed by atoms with Crippen LogP contribution in [0.25, 0.3) is 0 Å². The van der Waals surface area contributed by atoms with Crippen molar-refractivity contribution in [3.8, 4) is 0 Å². The number of amides is 1. The minimum absolute atomic E-state index is 0.0291. The van der Waals surface area contributed by atoms with Crippen molar-refractivity contribution < 1.29 is 17.6 Å². The summed E-state index contributed by atoms with van der Waals surface area (Å²) in [5.74, 6) is -0.779. The van der Waals surface area contributed by atoms with E-state index in [9.17, 15) is 17.6 Å². The minimum atomic E-state index is -3.16. The van der Waals surface area contributed by atoms with Crippen molar-refractivity contribution in [2.24, 2.45) is 4.99 Å². The van der Waals surface area contributed by atoms with Gasteiger partial charge in [-0.2, -0.15) is 4.99 Å².